The molecule has 0 amide bonds. The molecule has 4 heteroatoms. The molecule has 2 N–H and O–H groups in total. The molecule has 0 unspecified atom stereocenters. The number of halogens is 1. The summed E-state index contributed by atoms with van der Waals surface area (Å²) in [6.45, 7) is 3.26. The van der Waals surface area contributed by atoms with Crippen molar-refractivity contribution in [2.24, 2.45) is 5.73 Å². The molecule has 0 saturated heterocycles. The molecule has 94 valence electrons. The zero-order chi connectivity index (χ0) is 13.0. The number of benzene rings is 1. The van der Waals surface area contributed by atoms with Gasteiger partial charge in [-0.25, -0.2) is 4.39 Å². The van der Waals surface area contributed by atoms with Crippen molar-refractivity contribution in [1.82, 2.24) is 4.98 Å². The van der Waals surface area contributed by atoms with Gasteiger partial charge in [0.05, 0.1) is 17.6 Å². The number of pyridine rings is 1. The smallest absolute Gasteiger partial charge is 0.123 e. The van der Waals surface area contributed by atoms with Gasteiger partial charge in [0.15, 0.2) is 0 Å². The van der Waals surface area contributed by atoms with Crippen molar-refractivity contribution in [1.29, 1.82) is 0 Å². The van der Waals surface area contributed by atoms with Crippen molar-refractivity contribution < 1.29 is 4.39 Å². The van der Waals surface area contributed by atoms with Gasteiger partial charge in [-0.2, -0.15) is 0 Å². The van der Waals surface area contributed by atoms with Gasteiger partial charge < -0.3 is 10.6 Å². The number of nitrogens with two attached hydrogens (primary N) is 1. The molecule has 2 aromatic rings. The molecule has 0 saturated carbocycles. The number of anilines is 2. The summed E-state index contributed by atoms with van der Waals surface area (Å²) < 4.78 is 12.9. The maximum Gasteiger partial charge on any atom is 0.123 e. The van der Waals surface area contributed by atoms with E-state index in [1.807, 2.05) is 19.1 Å². The van der Waals surface area contributed by atoms with Gasteiger partial charge in [0.1, 0.15) is 5.82 Å². The fourth-order valence-electron chi connectivity index (χ4n) is 1.83. The van der Waals surface area contributed by atoms with Gasteiger partial charge in [-0.3, -0.25) is 4.98 Å². The van der Waals surface area contributed by atoms with E-state index in [0.717, 1.165) is 23.6 Å². The minimum absolute atomic E-state index is 0.230. The van der Waals surface area contributed by atoms with Crippen LogP contribution >= 0.6 is 0 Å². The van der Waals surface area contributed by atoms with Crippen LogP contribution in [0.25, 0.3) is 0 Å². The Morgan fingerprint density at radius 2 is 1.78 bits per heavy atom. The van der Waals surface area contributed by atoms with E-state index in [2.05, 4.69) is 9.88 Å². The van der Waals surface area contributed by atoms with E-state index in [4.69, 9.17) is 5.73 Å². The lowest BCUT2D eigenvalue weighted by Gasteiger charge is -2.23. The van der Waals surface area contributed by atoms with Crippen LogP contribution in [0, 0.1) is 5.82 Å². The van der Waals surface area contributed by atoms with Crippen molar-refractivity contribution in [3.63, 3.8) is 0 Å². The van der Waals surface area contributed by atoms with Gasteiger partial charge in [0, 0.05) is 18.8 Å². The third-order valence-electron chi connectivity index (χ3n) is 2.78. The summed E-state index contributed by atoms with van der Waals surface area (Å²) in [5.74, 6) is -0.230. The van der Waals surface area contributed by atoms with Gasteiger partial charge in [-0.05, 0) is 43.3 Å². The van der Waals surface area contributed by atoms with Crippen LogP contribution in [-0.2, 0) is 6.54 Å². The van der Waals surface area contributed by atoms with Crippen LogP contribution in [0.4, 0.5) is 15.8 Å². The standard InChI is InChI=1S/C14H16FN3/c1-2-18(13-6-3-11(15)4-7-13)14-8-5-12(9-16)17-10-14/h3-8,10H,2,9,16H2,1H3. The number of nitrogens with zero attached hydrogens (tertiary/aromatic N) is 2. The normalized spacial score (nSPS) is 10.4. The molecule has 0 fully saturated rings. The number of aromatic nitrogens is 1. The van der Waals surface area contributed by atoms with E-state index in [1.54, 1.807) is 18.3 Å². The summed E-state index contributed by atoms with van der Waals surface area (Å²) in [5.41, 5.74) is 8.29. The van der Waals surface area contributed by atoms with Gasteiger partial charge in [0.2, 0.25) is 0 Å². The maximum atomic E-state index is 12.9. The number of hydrogen-bond acceptors (Lipinski definition) is 3. The lowest BCUT2D eigenvalue weighted by Crippen LogP contribution is -2.16. The van der Waals surface area contributed by atoms with Crippen LogP contribution in [0.5, 0.6) is 0 Å². The van der Waals surface area contributed by atoms with Crippen molar-refractivity contribution >= 4 is 11.4 Å². The first kappa shape index (κ1) is 12.5. The van der Waals surface area contributed by atoms with Crippen LogP contribution in [0.2, 0.25) is 0 Å². The zero-order valence-corrected chi connectivity index (χ0v) is 10.3. The Bertz CT molecular complexity index is 493. The molecular weight excluding hydrogens is 229 g/mol. The molecule has 0 aliphatic rings. The van der Waals surface area contributed by atoms with Crippen molar-refractivity contribution in [2.45, 2.75) is 13.5 Å². The van der Waals surface area contributed by atoms with E-state index in [0.29, 0.717) is 6.54 Å². The van der Waals surface area contributed by atoms with Gasteiger partial charge >= 0.3 is 0 Å². The summed E-state index contributed by atoms with van der Waals surface area (Å²) in [7, 11) is 0. The van der Waals surface area contributed by atoms with Crippen LogP contribution in [-0.4, -0.2) is 11.5 Å². The molecule has 1 aromatic carbocycles. The second-order valence-electron chi connectivity index (χ2n) is 3.93. The Kier molecular flexibility index (Phi) is 3.89. The number of rotatable bonds is 4. The monoisotopic (exact) mass is 245 g/mol. The highest BCUT2D eigenvalue weighted by atomic mass is 19.1. The predicted molar refractivity (Wildman–Crippen MR) is 71.2 cm³/mol. The Balaban J connectivity index is 2.29. The molecule has 0 bridgehead atoms. The first-order valence-electron chi connectivity index (χ1n) is 5.92. The minimum Gasteiger partial charge on any atom is -0.341 e. The summed E-state index contributed by atoms with van der Waals surface area (Å²) in [6, 6.07) is 10.3. The SMILES string of the molecule is CCN(c1ccc(F)cc1)c1ccc(CN)nc1. The molecule has 0 aliphatic heterocycles. The summed E-state index contributed by atoms with van der Waals surface area (Å²) in [5, 5.41) is 0. The highest BCUT2D eigenvalue weighted by molar-refractivity contribution is 5.62. The Hall–Kier alpha value is -1.94. The molecule has 0 spiro atoms. The number of hydrogen-bond donors (Lipinski definition) is 1. The van der Waals surface area contributed by atoms with E-state index in [-0.39, 0.29) is 5.82 Å². The van der Waals surface area contributed by atoms with Gasteiger partial charge in [0.25, 0.3) is 0 Å². The Labute approximate surface area is 106 Å². The molecule has 0 radical (unpaired) electrons. The largest absolute Gasteiger partial charge is 0.341 e. The van der Waals surface area contributed by atoms with Crippen LogP contribution < -0.4 is 10.6 Å². The lowest BCUT2D eigenvalue weighted by molar-refractivity contribution is 0.628. The average molecular weight is 245 g/mol. The van der Waals surface area contributed by atoms with Crippen LogP contribution in [0.1, 0.15) is 12.6 Å². The fraction of sp³-hybridized carbons (Fsp3) is 0.214. The van der Waals surface area contributed by atoms with Crippen molar-refractivity contribution in [3.05, 3.63) is 54.1 Å². The average Bonchev–Trinajstić information content (AvgIpc) is 2.42. The first-order valence-corrected chi connectivity index (χ1v) is 5.92. The second kappa shape index (κ2) is 5.60. The minimum atomic E-state index is -0.230. The molecule has 2 rings (SSSR count). The predicted octanol–water partition coefficient (Wildman–Crippen LogP) is 2.84. The summed E-state index contributed by atoms with van der Waals surface area (Å²) in [4.78, 5) is 6.33. The molecular formula is C14H16FN3. The zero-order valence-electron chi connectivity index (χ0n) is 10.3. The van der Waals surface area contributed by atoms with E-state index in [9.17, 15) is 4.39 Å². The topological polar surface area (TPSA) is 42.1 Å². The van der Waals surface area contributed by atoms with Crippen LogP contribution in [0.3, 0.4) is 0 Å². The molecule has 18 heavy (non-hydrogen) atoms. The first-order chi connectivity index (χ1) is 8.74. The highest BCUT2D eigenvalue weighted by Gasteiger charge is 2.07. The molecule has 3 nitrogen and oxygen atoms in total. The van der Waals surface area contributed by atoms with Gasteiger partial charge in [-0.15, -0.1) is 0 Å². The third kappa shape index (κ3) is 2.65. The highest BCUT2D eigenvalue weighted by Crippen LogP contribution is 2.24. The van der Waals surface area contributed by atoms with Crippen molar-refractivity contribution in [3.8, 4) is 0 Å². The summed E-state index contributed by atoms with van der Waals surface area (Å²) in [6.07, 6.45) is 1.79. The maximum absolute atomic E-state index is 12.9. The molecule has 0 atom stereocenters. The van der Waals surface area contributed by atoms with E-state index < -0.39 is 0 Å². The van der Waals surface area contributed by atoms with E-state index >= 15 is 0 Å². The fourth-order valence-corrected chi connectivity index (χ4v) is 1.83. The molecule has 1 aromatic heterocycles. The van der Waals surface area contributed by atoms with Crippen LogP contribution in [0.15, 0.2) is 42.6 Å². The Morgan fingerprint density at radius 3 is 2.28 bits per heavy atom. The Morgan fingerprint density at radius 1 is 1.11 bits per heavy atom. The summed E-state index contributed by atoms with van der Waals surface area (Å²) >= 11 is 0. The van der Waals surface area contributed by atoms with Crippen molar-refractivity contribution in [2.75, 3.05) is 11.4 Å². The molecule has 1 heterocycles. The van der Waals surface area contributed by atoms with Gasteiger partial charge in [-0.1, -0.05) is 0 Å². The quantitative estimate of drug-likeness (QED) is 0.900. The molecule has 0 aliphatic carbocycles. The van der Waals surface area contributed by atoms with E-state index in [1.165, 1.54) is 12.1 Å². The second-order valence-corrected chi connectivity index (χ2v) is 3.93. The third-order valence-corrected chi connectivity index (χ3v) is 2.78. The lowest BCUT2D eigenvalue weighted by atomic mass is 10.2.